The average molecular weight is 379 g/mol. The molecule has 23 heavy (non-hydrogen) atoms. The van der Waals surface area contributed by atoms with Crippen LogP contribution in [0.3, 0.4) is 0 Å². The van der Waals surface area contributed by atoms with Gasteiger partial charge in [-0.05, 0) is 31.5 Å². The summed E-state index contributed by atoms with van der Waals surface area (Å²) in [6.45, 7) is 6.83. The monoisotopic (exact) mass is 378 g/mol. The van der Waals surface area contributed by atoms with E-state index in [0.29, 0.717) is 24.7 Å². The zero-order chi connectivity index (χ0) is 16.4. The number of piperazine rings is 1. The van der Waals surface area contributed by atoms with E-state index >= 15 is 0 Å². The normalized spacial score (nSPS) is 14.9. The lowest BCUT2D eigenvalue weighted by Gasteiger charge is -2.36. The van der Waals surface area contributed by atoms with Crippen LogP contribution in [0.2, 0.25) is 0 Å². The third kappa shape index (κ3) is 3.67. The van der Waals surface area contributed by atoms with Gasteiger partial charge in [-0.1, -0.05) is 27.2 Å². The van der Waals surface area contributed by atoms with Crippen LogP contribution < -0.4 is 10.2 Å². The Labute approximate surface area is 143 Å². The molecule has 2 heterocycles. The Bertz CT molecular complexity index is 708. The molecule has 0 bridgehead atoms. The highest BCUT2D eigenvalue weighted by atomic mass is 79.9. The maximum atomic E-state index is 12.2. The first kappa shape index (κ1) is 15.9. The number of urea groups is 1. The number of hydrogen-bond donors (Lipinski definition) is 1. The van der Waals surface area contributed by atoms with E-state index in [0.717, 1.165) is 17.6 Å². The van der Waals surface area contributed by atoms with Gasteiger partial charge >= 0.3 is 6.03 Å². The van der Waals surface area contributed by atoms with Crippen molar-refractivity contribution >= 4 is 33.5 Å². The molecular weight excluding hydrogens is 360 g/mol. The minimum atomic E-state index is -0.136. The van der Waals surface area contributed by atoms with Gasteiger partial charge in [0.25, 0.3) is 0 Å². The van der Waals surface area contributed by atoms with Crippen LogP contribution in [0.4, 0.5) is 16.3 Å². The average Bonchev–Trinajstić information content (AvgIpc) is 2.95. The fourth-order valence-corrected chi connectivity index (χ4v) is 2.93. The van der Waals surface area contributed by atoms with Crippen LogP contribution in [0.5, 0.6) is 0 Å². The van der Waals surface area contributed by atoms with Gasteiger partial charge in [-0.2, -0.15) is 0 Å². The van der Waals surface area contributed by atoms with Crippen molar-refractivity contribution in [2.45, 2.75) is 13.8 Å². The Kier molecular flexibility index (Phi) is 4.56. The molecule has 0 unspecified atom stereocenters. The highest BCUT2D eigenvalue weighted by molar-refractivity contribution is 9.10. The van der Waals surface area contributed by atoms with Gasteiger partial charge in [-0.25, -0.2) is 4.79 Å². The van der Waals surface area contributed by atoms with Crippen molar-refractivity contribution in [1.29, 1.82) is 0 Å². The van der Waals surface area contributed by atoms with Crippen molar-refractivity contribution in [3.8, 4) is 0 Å². The van der Waals surface area contributed by atoms with E-state index in [4.69, 9.17) is 4.52 Å². The number of nitrogens with zero attached hydrogens (tertiary/aromatic N) is 3. The summed E-state index contributed by atoms with van der Waals surface area (Å²) < 4.78 is 6.06. The Balaban J connectivity index is 1.57. The molecule has 1 N–H and O–H groups in total. The second-order valence-corrected chi connectivity index (χ2v) is 6.51. The van der Waals surface area contributed by atoms with Crippen molar-refractivity contribution < 1.29 is 9.32 Å². The lowest BCUT2D eigenvalue weighted by atomic mass is 10.2. The van der Waals surface area contributed by atoms with Crippen LogP contribution in [-0.2, 0) is 0 Å². The number of halogens is 1. The molecule has 0 radical (unpaired) electrons. The lowest BCUT2D eigenvalue weighted by Crippen LogP contribution is -2.50. The molecule has 1 saturated heterocycles. The van der Waals surface area contributed by atoms with Crippen LogP contribution in [-0.4, -0.2) is 42.3 Å². The summed E-state index contributed by atoms with van der Waals surface area (Å²) >= 11 is 3.57. The van der Waals surface area contributed by atoms with E-state index in [1.54, 1.807) is 17.9 Å². The molecule has 1 aliphatic heterocycles. The summed E-state index contributed by atoms with van der Waals surface area (Å²) in [7, 11) is 0. The zero-order valence-corrected chi connectivity index (χ0v) is 14.8. The molecule has 1 aliphatic rings. The van der Waals surface area contributed by atoms with Crippen LogP contribution >= 0.6 is 15.9 Å². The van der Waals surface area contributed by atoms with Gasteiger partial charge in [-0.15, -0.1) is 0 Å². The molecule has 1 fully saturated rings. The summed E-state index contributed by atoms with van der Waals surface area (Å²) in [5.41, 5.74) is 2.39. The molecule has 0 aliphatic carbocycles. The number of benzene rings is 1. The molecule has 3 rings (SSSR count). The van der Waals surface area contributed by atoms with E-state index in [9.17, 15) is 4.79 Å². The van der Waals surface area contributed by atoms with Gasteiger partial charge < -0.3 is 14.3 Å². The number of anilines is 2. The van der Waals surface area contributed by atoms with Crippen LogP contribution in [0.15, 0.2) is 33.3 Å². The number of rotatable bonds is 2. The summed E-state index contributed by atoms with van der Waals surface area (Å²) in [6, 6.07) is 7.92. The van der Waals surface area contributed by atoms with E-state index < -0.39 is 0 Å². The molecule has 122 valence electrons. The summed E-state index contributed by atoms with van der Waals surface area (Å²) in [5, 5.41) is 6.54. The quantitative estimate of drug-likeness (QED) is 0.869. The number of nitrogens with one attached hydrogen (secondary N) is 1. The third-order valence-corrected chi connectivity index (χ3v) is 4.80. The molecular formula is C16H19BrN4O2. The van der Waals surface area contributed by atoms with Crippen molar-refractivity contribution in [1.82, 2.24) is 10.1 Å². The Hall–Kier alpha value is -2.02. The fourth-order valence-electron chi connectivity index (χ4n) is 2.56. The number of aryl methyl sites for hydroxylation is 2. The summed E-state index contributed by atoms with van der Waals surface area (Å²) in [6.07, 6.45) is 0. The second kappa shape index (κ2) is 6.62. The first-order valence-electron chi connectivity index (χ1n) is 7.53. The van der Waals surface area contributed by atoms with Crippen molar-refractivity contribution in [2.24, 2.45) is 0 Å². The molecule has 0 atom stereocenters. The standard InChI is InChI=1S/C16H19BrN4O2/c1-11-3-4-13(10-14(11)17)20-5-7-21(8-6-20)16(22)18-15-9-12(2)23-19-15/h3-4,9-10H,5-8H2,1-2H3,(H,18,19,22). The Morgan fingerprint density at radius 1 is 1.22 bits per heavy atom. The van der Waals surface area contributed by atoms with E-state index in [-0.39, 0.29) is 6.03 Å². The van der Waals surface area contributed by atoms with E-state index in [1.165, 1.54) is 11.3 Å². The molecule has 2 aromatic rings. The second-order valence-electron chi connectivity index (χ2n) is 5.66. The lowest BCUT2D eigenvalue weighted by molar-refractivity contribution is 0.208. The van der Waals surface area contributed by atoms with Gasteiger partial charge in [0.1, 0.15) is 5.76 Å². The maximum Gasteiger partial charge on any atom is 0.323 e. The van der Waals surface area contributed by atoms with Crippen LogP contribution in [0.25, 0.3) is 0 Å². The Morgan fingerprint density at radius 2 is 1.96 bits per heavy atom. The van der Waals surface area contributed by atoms with Gasteiger partial charge in [0, 0.05) is 42.4 Å². The first-order valence-corrected chi connectivity index (χ1v) is 8.32. The first-order chi connectivity index (χ1) is 11.0. The number of carbonyl (C=O) groups is 1. The van der Waals surface area contributed by atoms with Gasteiger partial charge in [0.05, 0.1) is 0 Å². The van der Waals surface area contributed by atoms with Crippen LogP contribution in [0.1, 0.15) is 11.3 Å². The van der Waals surface area contributed by atoms with E-state index in [2.05, 4.69) is 56.4 Å². The largest absolute Gasteiger partial charge is 0.368 e. The van der Waals surface area contributed by atoms with E-state index in [1.807, 2.05) is 0 Å². The number of aromatic nitrogens is 1. The summed E-state index contributed by atoms with van der Waals surface area (Å²) in [5.74, 6) is 1.13. The predicted octanol–water partition coefficient (Wildman–Crippen LogP) is 3.41. The topological polar surface area (TPSA) is 61.6 Å². The molecule has 7 heteroatoms. The van der Waals surface area contributed by atoms with Crippen LogP contribution in [0, 0.1) is 13.8 Å². The van der Waals surface area contributed by atoms with Gasteiger partial charge in [0.2, 0.25) is 0 Å². The molecule has 1 aromatic heterocycles. The molecule has 2 amide bonds. The molecule has 6 nitrogen and oxygen atoms in total. The molecule has 1 aromatic carbocycles. The number of amides is 2. The number of carbonyl (C=O) groups excluding carboxylic acids is 1. The molecule has 0 spiro atoms. The number of hydrogen-bond acceptors (Lipinski definition) is 4. The maximum absolute atomic E-state index is 12.2. The minimum absolute atomic E-state index is 0.136. The molecule has 0 saturated carbocycles. The van der Waals surface area contributed by atoms with Crippen molar-refractivity contribution in [3.05, 3.63) is 40.1 Å². The zero-order valence-electron chi connectivity index (χ0n) is 13.2. The fraction of sp³-hybridized carbons (Fsp3) is 0.375. The van der Waals surface area contributed by atoms with Crippen molar-refractivity contribution in [2.75, 3.05) is 36.4 Å². The van der Waals surface area contributed by atoms with Gasteiger partial charge in [0.15, 0.2) is 5.82 Å². The SMILES string of the molecule is Cc1cc(NC(=O)N2CCN(c3ccc(C)c(Br)c3)CC2)no1. The highest BCUT2D eigenvalue weighted by Gasteiger charge is 2.22. The minimum Gasteiger partial charge on any atom is -0.368 e. The van der Waals surface area contributed by atoms with Crippen molar-refractivity contribution in [3.63, 3.8) is 0 Å². The smallest absolute Gasteiger partial charge is 0.323 e. The predicted molar refractivity (Wildman–Crippen MR) is 92.9 cm³/mol. The summed E-state index contributed by atoms with van der Waals surface area (Å²) in [4.78, 5) is 16.3. The Morgan fingerprint density at radius 3 is 2.57 bits per heavy atom. The van der Waals surface area contributed by atoms with Gasteiger partial charge in [-0.3, -0.25) is 5.32 Å². The highest BCUT2D eigenvalue weighted by Crippen LogP contribution is 2.24. The third-order valence-electron chi connectivity index (χ3n) is 3.95.